The van der Waals surface area contributed by atoms with Gasteiger partial charge in [-0.2, -0.15) is 13.2 Å². The van der Waals surface area contributed by atoms with E-state index in [-0.39, 0.29) is 5.13 Å². The third-order valence-corrected chi connectivity index (χ3v) is 3.13. The van der Waals surface area contributed by atoms with E-state index < -0.39 is 18.0 Å². The number of nitrogens with zero attached hydrogens (tertiary/aromatic N) is 2. The quantitative estimate of drug-likeness (QED) is 0.781. The summed E-state index contributed by atoms with van der Waals surface area (Å²) in [6, 6.07) is 0. The van der Waals surface area contributed by atoms with Crippen LogP contribution in [0, 0.1) is 0 Å². The number of anilines is 1. The number of aromatic nitrogens is 2. The molecule has 1 heterocycles. The molecule has 0 amide bonds. The Labute approximate surface area is 85.3 Å². The van der Waals surface area contributed by atoms with Crippen molar-refractivity contribution in [3.05, 3.63) is 0 Å². The topological polar surface area (TPSA) is 72.0 Å². The molecule has 1 rings (SSSR count). The number of halogens is 3. The van der Waals surface area contributed by atoms with E-state index in [2.05, 4.69) is 10.2 Å². The minimum atomic E-state index is -4.59. The van der Waals surface area contributed by atoms with Gasteiger partial charge in [0, 0.05) is 5.75 Å². The fourth-order valence-electron chi connectivity index (χ4n) is 0.523. The summed E-state index contributed by atoms with van der Waals surface area (Å²) in [5.41, 5.74) is 5.22. The van der Waals surface area contributed by atoms with Crippen molar-refractivity contribution in [3.63, 3.8) is 0 Å². The predicted octanol–water partition coefficient (Wildman–Crippen LogP) is 1.14. The number of thioether (sulfide) groups is 1. The van der Waals surface area contributed by atoms with Crippen LogP contribution in [0.5, 0.6) is 0 Å². The molecule has 80 valence electrons. The molecule has 0 unspecified atom stereocenters. The summed E-state index contributed by atoms with van der Waals surface area (Å²) >= 11 is 1.75. The molecule has 14 heavy (non-hydrogen) atoms. The lowest BCUT2D eigenvalue weighted by molar-refractivity contribution is -0.195. The van der Waals surface area contributed by atoms with E-state index in [1.54, 1.807) is 0 Å². The first-order chi connectivity index (χ1) is 6.39. The number of nitrogens with two attached hydrogens (primary N) is 1. The smallest absolute Gasteiger partial charge is 0.383 e. The van der Waals surface area contributed by atoms with Crippen LogP contribution in [-0.4, -0.2) is 33.3 Å². The molecule has 0 aliphatic carbocycles. The molecule has 0 saturated carbocycles. The lowest BCUT2D eigenvalue weighted by Gasteiger charge is -2.12. The maximum Gasteiger partial charge on any atom is 0.415 e. The molecule has 3 N–H and O–H groups in total. The van der Waals surface area contributed by atoms with Gasteiger partial charge in [-0.1, -0.05) is 23.1 Å². The normalized spacial score (nSPS) is 14.3. The van der Waals surface area contributed by atoms with Crippen LogP contribution in [0.15, 0.2) is 4.34 Å². The molecule has 0 spiro atoms. The number of alkyl halides is 3. The average molecular weight is 245 g/mol. The molecule has 0 aliphatic heterocycles. The molecule has 1 aromatic rings. The van der Waals surface area contributed by atoms with Crippen molar-refractivity contribution in [3.8, 4) is 0 Å². The van der Waals surface area contributed by atoms with Crippen LogP contribution >= 0.6 is 23.1 Å². The highest BCUT2D eigenvalue weighted by Gasteiger charge is 2.38. The second-order valence-electron chi connectivity index (χ2n) is 2.27. The van der Waals surface area contributed by atoms with Gasteiger partial charge in [0.25, 0.3) is 0 Å². The van der Waals surface area contributed by atoms with Crippen molar-refractivity contribution < 1.29 is 18.3 Å². The van der Waals surface area contributed by atoms with E-state index in [0.717, 1.165) is 23.1 Å². The van der Waals surface area contributed by atoms with Crippen LogP contribution in [0.3, 0.4) is 0 Å². The van der Waals surface area contributed by atoms with Crippen molar-refractivity contribution in [2.45, 2.75) is 16.6 Å². The van der Waals surface area contributed by atoms with Gasteiger partial charge >= 0.3 is 6.18 Å². The summed E-state index contributed by atoms with van der Waals surface area (Å²) in [5, 5.41) is 15.7. The Morgan fingerprint density at radius 1 is 1.50 bits per heavy atom. The number of aliphatic hydroxyl groups excluding tert-OH is 1. The highest BCUT2D eigenvalue weighted by Crippen LogP contribution is 2.28. The summed E-state index contributed by atoms with van der Waals surface area (Å²) < 4.78 is 35.8. The monoisotopic (exact) mass is 245 g/mol. The molecule has 0 bridgehead atoms. The molecule has 1 atom stereocenters. The van der Waals surface area contributed by atoms with E-state index in [9.17, 15) is 13.2 Å². The molecule has 0 fully saturated rings. The van der Waals surface area contributed by atoms with Gasteiger partial charge in [-0.05, 0) is 0 Å². The summed E-state index contributed by atoms with van der Waals surface area (Å²) in [5.74, 6) is -0.502. The molecule has 9 heteroatoms. The van der Waals surface area contributed by atoms with Crippen LogP contribution in [-0.2, 0) is 0 Å². The Kier molecular flexibility index (Phi) is 3.56. The van der Waals surface area contributed by atoms with E-state index in [1.807, 2.05) is 0 Å². The van der Waals surface area contributed by atoms with Gasteiger partial charge < -0.3 is 10.8 Å². The summed E-state index contributed by atoms with van der Waals surface area (Å²) in [6.07, 6.45) is -6.94. The number of hydrogen-bond acceptors (Lipinski definition) is 6. The van der Waals surface area contributed by atoms with Gasteiger partial charge in [0.15, 0.2) is 10.4 Å². The first-order valence-electron chi connectivity index (χ1n) is 3.36. The lowest BCUT2D eigenvalue weighted by atomic mass is 10.4. The van der Waals surface area contributed by atoms with Crippen LogP contribution in [0.1, 0.15) is 0 Å². The fraction of sp³-hybridized carbons (Fsp3) is 0.600. The standard InChI is InChI=1S/C5H6F3N3OS2/c6-5(7,8)2(12)1-13-4-11-10-3(9)14-4/h2,12H,1H2,(H2,9,10)/t2-/m1/s1. The van der Waals surface area contributed by atoms with Crippen LogP contribution in [0.25, 0.3) is 0 Å². The van der Waals surface area contributed by atoms with E-state index >= 15 is 0 Å². The van der Waals surface area contributed by atoms with Gasteiger partial charge in [0.05, 0.1) is 0 Å². The summed E-state index contributed by atoms with van der Waals surface area (Å²) in [7, 11) is 0. The first kappa shape index (κ1) is 11.5. The second-order valence-corrected chi connectivity index (χ2v) is 4.55. The Morgan fingerprint density at radius 2 is 2.14 bits per heavy atom. The summed E-state index contributed by atoms with van der Waals surface area (Å²) in [4.78, 5) is 0. The Morgan fingerprint density at radius 3 is 2.57 bits per heavy atom. The van der Waals surface area contributed by atoms with Crippen molar-refractivity contribution in [1.82, 2.24) is 10.2 Å². The maximum atomic E-state index is 11.8. The SMILES string of the molecule is Nc1nnc(SC[C@@H](O)C(F)(F)F)s1. The summed E-state index contributed by atoms with van der Waals surface area (Å²) in [6.45, 7) is 0. The molecule has 0 aliphatic rings. The van der Waals surface area contributed by atoms with Crippen LogP contribution in [0.4, 0.5) is 18.3 Å². The molecule has 1 aromatic heterocycles. The number of aliphatic hydroxyl groups is 1. The highest BCUT2D eigenvalue weighted by atomic mass is 32.2. The van der Waals surface area contributed by atoms with Crippen molar-refractivity contribution in [2.24, 2.45) is 0 Å². The second kappa shape index (κ2) is 4.32. The van der Waals surface area contributed by atoms with E-state index in [4.69, 9.17) is 10.8 Å². The van der Waals surface area contributed by atoms with Gasteiger partial charge in [-0.15, -0.1) is 10.2 Å². The molecular weight excluding hydrogens is 239 g/mol. The van der Waals surface area contributed by atoms with E-state index in [1.165, 1.54) is 0 Å². The largest absolute Gasteiger partial charge is 0.415 e. The van der Waals surface area contributed by atoms with Gasteiger partial charge in [-0.3, -0.25) is 0 Å². The Hall–Kier alpha value is -0.540. The van der Waals surface area contributed by atoms with E-state index in [0.29, 0.717) is 4.34 Å². The average Bonchev–Trinajstić information content (AvgIpc) is 2.45. The molecule has 0 saturated heterocycles. The molecule has 0 aromatic carbocycles. The Balaban J connectivity index is 2.41. The van der Waals surface area contributed by atoms with Crippen molar-refractivity contribution >= 4 is 28.2 Å². The molecule has 0 radical (unpaired) electrons. The number of rotatable bonds is 3. The minimum Gasteiger partial charge on any atom is -0.383 e. The predicted molar refractivity (Wildman–Crippen MR) is 47.1 cm³/mol. The fourth-order valence-corrected chi connectivity index (χ4v) is 2.15. The van der Waals surface area contributed by atoms with Crippen molar-refractivity contribution in [2.75, 3.05) is 11.5 Å². The maximum absolute atomic E-state index is 11.8. The van der Waals surface area contributed by atoms with Gasteiger partial charge in [0.1, 0.15) is 0 Å². The molecular formula is C5H6F3N3OS2. The minimum absolute atomic E-state index is 0.189. The van der Waals surface area contributed by atoms with Crippen molar-refractivity contribution in [1.29, 1.82) is 0 Å². The van der Waals surface area contributed by atoms with Crippen LogP contribution in [0.2, 0.25) is 0 Å². The van der Waals surface area contributed by atoms with Gasteiger partial charge in [-0.25, -0.2) is 0 Å². The zero-order valence-electron chi connectivity index (χ0n) is 6.65. The Bertz CT molecular complexity index is 303. The lowest BCUT2D eigenvalue weighted by Crippen LogP contribution is -2.30. The first-order valence-corrected chi connectivity index (χ1v) is 5.16. The third-order valence-electron chi connectivity index (χ3n) is 1.16. The number of nitrogen functional groups attached to an aromatic ring is 1. The molecule has 4 nitrogen and oxygen atoms in total. The van der Waals surface area contributed by atoms with Crippen LogP contribution < -0.4 is 5.73 Å². The zero-order valence-corrected chi connectivity index (χ0v) is 8.29. The van der Waals surface area contributed by atoms with Gasteiger partial charge in [0.2, 0.25) is 5.13 Å². The zero-order chi connectivity index (χ0) is 10.8. The number of hydrogen-bond donors (Lipinski definition) is 2. The highest BCUT2D eigenvalue weighted by molar-refractivity contribution is 8.01. The third kappa shape index (κ3) is 3.31.